The Kier molecular flexibility index (Phi) is 13.6. The highest BCUT2D eigenvalue weighted by atomic mass is 32.1. The van der Waals surface area contributed by atoms with E-state index in [1.807, 2.05) is 81.9 Å². The second-order valence-corrected chi connectivity index (χ2v) is 28.4. The molecule has 0 unspecified atom stereocenters. The van der Waals surface area contributed by atoms with Gasteiger partial charge in [0.2, 0.25) is 11.8 Å². The molecule has 1 N–H and O–H groups in total. The summed E-state index contributed by atoms with van der Waals surface area (Å²) in [6, 6.07) is 16.5. The van der Waals surface area contributed by atoms with E-state index in [0.717, 1.165) is 78.1 Å². The number of halogens is 2. The number of ether oxygens (including phenoxy) is 1. The van der Waals surface area contributed by atoms with Crippen LogP contribution in [-0.4, -0.2) is 101 Å². The molecule has 4 fully saturated rings. The van der Waals surface area contributed by atoms with Crippen molar-refractivity contribution < 1.29 is 27.5 Å². The van der Waals surface area contributed by atoms with Gasteiger partial charge in [-0.15, -0.1) is 16.4 Å². The van der Waals surface area contributed by atoms with Gasteiger partial charge in [0, 0.05) is 38.7 Å². The molecule has 4 aliphatic rings. The molecule has 11 nitrogen and oxygen atoms in total. The van der Waals surface area contributed by atoms with Gasteiger partial charge in [0.05, 0.1) is 46.5 Å². The number of aryl methyl sites for hydroxylation is 1. The third-order valence-electron chi connectivity index (χ3n) is 15.5. The van der Waals surface area contributed by atoms with E-state index in [1.54, 1.807) is 20.9 Å². The van der Waals surface area contributed by atoms with Gasteiger partial charge in [-0.05, 0) is 104 Å². The van der Waals surface area contributed by atoms with Gasteiger partial charge in [-0.2, -0.15) is 0 Å². The molecule has 4 aromatic rings. The highest BCUT2D eigenvalue weighted by Gasteiger charge is 2.71. The highest BCUT2D eigenvalue weighted by Crippen LogP contribution is 2.62. The van der Waals surface area contributed by atoms with Gasteiger partial charge in [-0.1, -0.05) is 101 Å². The first-order valence-corrected chi connectivity index (χ1v) is 27.7. The number of benzene rings is 2. The van der Waals surface area contributed by atoms with Crippen LogP contribution in [0.5, 0.6) is 0 Å². The van der Waals surface area contributed by atoms with E-state index >= 15 is 0 Å². The number of amides is 2. The van der Waals surface area contributed by atoms with Crippen molar-refractivity contribution in [2.24, 2.45) is 22.2 Å². The Balaban J connectivity index is 0.881. The molecular weight excluding hydrogens is 873 g/mol. The molecule has 8 rings (SSSR count). The van der Waals surface area contributed by atoms with Crippen molar-refractivity contribution in [1.82, 2.24) is 35.1 Å². The van der Waals surface area contributed by atoms with Crippen LogP contribution >= 0.6 is 11.3 Å². The average molecular weight is 944 g/mol. The number of aromatic nitrogens is 4. The topological polar surface area (TPSA) is 115 Å². The van der Waals surface area contributed by atoms with Crippen LogP contribution in [-0.2, 0) is 38.3 Å². The van der Waals surface area contributed by atoms with Crippen molar-refractivity contribution in [3.05, 3.63) is 88.8 Å². The van der Waals surface area contributed by atoms with E-state index in [2.05, 4.69) is 71.5 Å². The summed E-state index contributed by atoms with van der Waals surface area (Å²) < 4.78 is 44.0. The normalized spacial score (nSPS) is 23.8. The second kappa shape index (κ2) is 18.5. The monoisotopic (exact) mass is 944 g/mol. The smallest absolute Gasteiger partial charge is 0.258 e. The number of alkyl halides is 2. The molecule has 2 saturated heterocycles. The molecular formula is C51H71F2N7O4SSi. The Morgan fingerprint density at radius 2 is 1.67 bits per heavy atom. The Hall–Kier alpha value is -3.89. The maximum Gasteiger partial charge on any atom is 0.258 e. The number of piperidine rings is 1. The predicted molar refractivity (Wildman–Crippen MR) is 257 cm³/mol. The van der Waals surface area contributed by atoms with Gasteiger partial charge >= 0.3 is 0 Å². The van der Waals surface area contributed by atoms with Crippen molar-refractivity contribution in [2.45, 2.75) is 149 Å². The van der Waals surface area contributed by atoms with Crippen LogP contribution in [0.4, 0.5) is 8.78 Å². The quantitative estimate of drug-likeness (QED) is 0.111. The van der Waals surface area contributed by atoms with Crippen molar-refractivity contribution in [2.75, 3.05) is 32.8 Å². The zero-order valence-electron chi connectivity index (χ0n) is 40.5. The number of likely N-dealkylation sites (tertiary alicyclic amines) is 2. The zero-order chi connectivity index (χ0) is 47.3. The summed E-state index contributed by atoms with van der Waals surface area (Å²) in [6.07, 6.45) is 6.92. The first kappa shape index (κ1) is 48.6. The Labute approximate surface area is 395 Å². The largest absolute Gasteiger partial charge is 0.412 e. The van der Waals surface area contributed by atoms with Crippen LogP contribution < -0.4 is 5.32 Å². The molecule has 2 amide bonds. The molecule has 358 valence electrons. The Morgan fingerprint density at radius 3 is 2.27 bits per heavy atom. The minimum atomic E-state index is -2.68. The fraction of sp³-hybridized carbons (Fsp3) is 0.627. The van der Waals surface area contributed by atoms with E-state index in [-0.39, 0.29) is 41.4 Å². The molecule has 4 atom stereocenters. The van der Waals surface area contributed by atoms with Gasteiger partial charge in [-0.3, -0.25) is 9.59 Å². The van der Waals surface area contributed by atoms with Crippen LogP contribution in [0.2, 0.25) is 18.1 Å². The summed E-state index contributed by atoms with van der Waals surface area (Å²) in [6.45, 7) is 22.3. The molecule has 15 heteroatoms. The number of nitrogens with zero attached hydrogens (tertiary/aromatic N) is 6. The average Bonchev–Trinajstić information content (AvgIpc) is 3.77. The molecule has 66 heavy (non-hydrogen) atoms. The molecule has 2 aromatic heterocycles. The number of nitrogens with one attached hydrogen (secondary N) is 1. The summed E-state index contributed by atoms with van der Waals surface area (Å²) in [5, 5.41) is 12.3. The van der Waals surface area contributed by atoms with Crippen molar-refractivity contribution in [3.8, 4) is 10.4 Å². The van der Waals surface area contributed by atoms with Crippen molar-refractivity contribution in [1.29, 1.82) is 0 Å². The zero-order valence-corrected chi connectivity index (χ0v) is 42.4. The van der Waals surface area contributed by atoms with E-state index in [1.165, 1.54) is 0 Å². The van der Waals surface area contributed by atoms with Gasteiger partial charge in [0.15, 0.2) is 8.32 Å². The lowest BCUT2D eigenvalue weighted by molar-refractivity contribution is -0.144. The highest BCUT2D eigenvalue weighted by molar-refractivity contribution is 7.13. The Bertz CT molecular complexity index is 2310. The minimum absolute atomic E-state index is 0.0346. The number of hydrogen-bond acceptors (Lipinski definition) is 9. The number of carbonyl (C=O) groups is 2. The third kappa shape index (κ3) is 10.5. The maximum atomic E-state index is 15.0. The second-order valence-electron chi connectivity index (χ2n) is 22.8. The lowest BCUT2D eigenvalue weighted by Crippen LogP contribution is -2.50. The summed E-state index contributed by atoms with van der Waals surface area (Å²) in [4.78, 5) is 38.7. The van der Waals surface area contributed by atoms with Crippen molar-refractivity contribution in [3.63, 3.8) is 0 Å². The molecule has 2 saturated carbocycles. The number of thiazole rings is 1. The molecule has 4 heterocycles. The molecule has 1 spiro atoms. The fourth-order valence-electron chi connectivity index (χ4n) is 10.5. The van der Waals surface area contributed by atoms with Crippen LogP contribution in [0.1, 0.15) is 109 Å². The van der Waals surface area contributed by atoms with Crippen LogP contribution in [0.15, 0.2) is 66.3 Å². The van der Waals surface area contributed by atoms with Gasteiger partial charge in [-0.25, -0.2) is 18.4 Å². The molecule has 2 aliphatic heterocycles. The molecule has 0 bridgehead atoms. The lowest BCUT2D eigenvalue weighted by Gasteiger charge is -2.52. The number of hydrogen-bond donors (Lipinski definition) is 1. The Morgan fingerprint density at radius 1 is 0.985 bits per heavy atom. The van der Waals surface area contributed by atoms with Crippen LogP contribution in [0, 0.1) is 29.1 Å². The van der Waals surface area contributed by atoms with Crippen molar-refractivity contribution >= 4 is 31.5 Å². The number of carbonyl (C=O) groups excluding carboxylic acids is 2. The van der Waals surface area contributed by atoms with Gasteiger partial charge in [0.25, 0.3) is 5.92 Å². The standard InChI is InChI=1S/C51H71F2N7O4SSi/c1-35-43(65-34-55-35)39-17-15-36(16-18-39)27-54-45(61)42-24-41(64-66(8,9)48(5,6)7)29-59(42)46(62)44(47(2,3)4)60-28-40(56-57-60)23-38-25-49(26-38)19-21-58(22-20-49)32-50(31-51(50,52)53)33-63-30-37-13-11-10-12-14-37/h10-18,28,34,38,41-42,44H,19-27,29-33H2,1-9H3,(H,54,61)/t41-,42+,44-,50-/m1/s1. The first-order chi connectivity index (χ1) is 31.1. The predicted octanol–water partition coefficient (Wildman–Crippen LogP) is 9.88. The maximum absolute atomic E-state index is 15.0. The van der Waals surface area contributed by atoms with Gasteiger partial charge < -0.3 is 24.3 Å². The molecule has 2 aliphatic carbocycles. The summed E-state index contributed by atoms with van der Waals surface area (Å²) in [5.41, 5.74) is 5.38. The fourth-order valence-corrected chi connectivity index (χ4v) is 12.7. The van der Waals surface area contributed by atoms with Gasteiger partial charge in [0.1, 0.15) is 12.1 Å². The summed E-state index contributed by atoms with van der Waals surface area (Å²) >= 11 is 1.61. The third-order valence-corrected chi connectivity index (χ3v) is 21.0. The molecule has 0 radical (unpaired) electrons. The summed E-state index contributed by atoms with van der Waals surface area (Å²) in [7, 11) is -2.22. The lowest BCUT2D eigenvalue weighted by atomic mass is 9.56. The first-order valence-electron chi connectivity index (χ1n) is 23.9. The number of rotatable bonds is 16. The van der Waals surface area contributed by atoms with E-state index in [4.69, 9.17) is 9.16 Å². The van der Waals surface area contributed by atoms with Crippen LogP contribution in [0.3, 0.4) is 0 Å². The van der Waals surface area contributed by atoms with E-state index in [9.17, 15) is 18.4 Å². The van der Waals surface area contributed by atoms with Crippen LogP contribution in [0.25, 0.3) is 10.4 Å². The minimum Gasteiger partial charge on any atom is -0.412 e. The molecule has 2 aromatic carbocycles. The SMILES string of the molecule is Cc1ncsc1-c1ccc(CNC(=O)[C@@H]2C[C@@H](O[Si](C)(C)C(C)(C)C)CN2C(=O)[C@@H](n2cc(CC3CC4(CCN(C[C@@]5(COCc6ccccc6)CC5(F)F)CC4)C3)nn2)C(C)(C)C)cc1. The van der Waals surface area contributed by atoms with E-state index in [0.29, 0.717) is 38.6 Å². The summed E-state index contributed by atoms with van der Waals surface area (Å²) in [5.74, 6) is -2.59. The van der Waals surface area contributed by atoms with E-state index < -0.39 is 37.2 Å².